The van der Waals surface area contributed by atoms with Crippen LogP contribution < -0.4 is 9.80 Å². The lowest BCUT2D eigenvalue weighted by molar-refractivity contribution is 0.584. The summed E-state index contributed by atoms with van der Waals surface area (Å²) in [6, 6.07) is 51.7. The van der Waals surface area contributed by atoms with Crippen LogP contribution in [0.5, 0.6) is 0 Å². The van der Waals surface area contributed by atoms with Gasteiger partial charge in [0.1, 0.15) is 11.6 Å². The van der Waals surface area contributed by atoms with Crippen molar-refractivity contribution in [3.8, 4) is 22.3 Å². The molecule has 10 rings (SSSR count). The Kier molecular flexibility index (Phi) is 9.52. The van der Waals surface area contributed by atoms with E-state index < -0.39 is 23.3 Å². The molecule has 0 spiro atoms. The third kappa shape index (κ3) is 6.51. The summed E-state index contributed by atoms with van der Waals surface area (Å²) >= 11 is 0. The summed E-state index contributed by atoms with van der Waals surface area (Å²) in [5.41, 5.74) is 9.61. The smallest absolute Gasteiger partial charge is 0.150 e. The SMILES string of the molecule is Cc1ccc(-c2cc(F)cc(F)c2N(c2ccccc2)c2ccc3ccc4c(N(c5ccccc5)c5c(F)cc(F)cc5-c5ccc(C)c(C)c5)ccc5ccc2c3c54)cc1C. The minimum Gasteiger partial charge on any atom is -0.307 e. The molecular formula is C56H40F4N2. The summed E-state index contributed by atoms with van der Waals surface area (Å²) in [4.78, 5) is 3.76. The Morgan fingerprint density at radius 3 is 1.13 bits per heavy atom. The Bertz CT molecular complexity index is 3120. The fraction of sp³-hybridized carbons (Fsp3) is 0.0714. The molecule has 0 bridgehead atoms. The first kappa shape index (κ1) is 38.7. The van der Waals surface area contributed by atoms with Gasteiger partial charge in [0, 0.05) is 45.4 Å². The number of benzene rings is 10. The van der Waals surface area contributed by atoms with E-state index in [2.05, 4.69) is 24.3 Å². The fourth-order valence-electron chi connectivity index (χ4n) is 8.94. The maximum atomic E-state index is 16.8. The van der Waals surface area contributed by atoms with Crippen molar-refractivity contribution >= 4 is 66.4 Å². The predicted octanol–water partition coefficient (Wildman–Crippen LogP) is 16.6. The highest BCUT2D eigenvalue weighted by atomic mass is 19.1. The molecule has 0 aliphatic heterocycles. The quantitative estimate of drug-likeness (QED) is 0.111. The molecule has 62 heavy (non-hydrogen) atoms. The van der Waals surface area contributed by atoms with Crippen molar-refractivity contribution in [1.29, 1.82) is 0 Å². The van der Waals surface area contributed by atoms with E-state index in [1.165, 1.54) is 12.1 Å². The molecule has 302 valence electrons. The van der Waals surface area contributed by atoms with Crippen LogP contribution in [0, 0.1) is 51.0 Å². The average Bonchev–Trinajstić information content (AvgIpc) is 3.27. The lowest BCUT2D eigenvalue weighted by atomic mass is 9.91. The third-order valence-electron chi connectivity index (χ3n) is 12.3. The topological polar surface area (TPSA) is 6.48 Å². The van der Waals surface area contributed by atoms with Gasteiger partial charge in [0.05, 0.1) is 22.7 Å². The van der Waals surface area contributed by atoms with Gasteiger partial charge in [-0.3, -0.25) is 0 Å². The number of nitrogens with zero attached hydrogens (tertiary/aromatic N) is 2. The zero-order valence-corrected chi connectivity index (χ0v) is 34.6. The molecule has 0 amide bonds. The summed E-state index contributed by atoms with van der Waals surface area (Å²) in [7, 11) is 0. The maximum absolute atomic E-state index is 16.8. The minimum absolute atomic E-state index is 0.220. The Balaban J connectivity index is 1.26. The zero-order valence-electron chi connectivity index (χ0n) is 34.6. The van der Waals surface area contributed by atoms with Crippen LogP contribution >= 0.6 is 0 Å². The molecule has 0 saturated heterocycles. The van der Waals surface area contributed by atoms with Gasteiger partial charge in [-0.1, -0.05) is 109 Å². The number of halogens is 4. The number of hydrogen-bond donors (Lipinski definition) is 0. The monoisotopic (exact) mass is 816 g/mol. The zero-order chi connectivity index (χ0) is 42.8. The van der Waals surface area contributed by atoms with Crippen LogP contribution in [0.1, 0.15) is 22.3 Å². The van der Waals surface area contributed by atoms with E-state index in [9.17, 15) is 0 Å². The highest BCUT2D eigenvalue weighted by molar-refractivity contribution is 6.28. The number of hydrogen-bond acceptors (Lipinski definition) is 2. The molecule has 0 radical (unpaired) electrons. The average molecular weight is 817 g/mol. The van der Waals surface area contributed by atoms with Crippen LogP contribution in [0.25, 0.3) is 54.6 Å². The molecule has 0 aliphatic rings. The molecule has 10 aromatic rings. The van der Waals surface area contributed by atoms with Gasteiger partial charge >= 0.3 is 0 Å². The van der Waals surface area contributed by atoms with Crippen LogP contribution in [-0.2, 0) is 0 Å². The lowest BCUT2D eigenvalue weighted by Crippen LogP contribution is -2.15. The van der Waals surface area contributed by atoms with Crippen molar-refractivity contribution in [3.63, 3.8) is 0 Å². The number of para-hydroxylation sites is 2. The van der Waals surface area contributed by atoms with E-state index >= 15 is 17.6 Å². The molecule has 0 unspecified atom stereocenters. The van der Waals surface area contributed by atoms with E-state index in [1.54, 1.807) is 0 Å². The number of anilines is 6. The maximum Gasteiger partial charge on any atom is 0.150 e. The van der Waals surface area contributed by atoms with Crippen molar-refractivity contribution < 1.29 is 17.6 Å². The van der Waals surface area contributed by atoms with Crippen LogP contribution in [0.2, 0.25) is 0 Å². The van der Waals surface area contributed by atoms with Crippen molar-refractivity contribution in [1.82, 2.24) is 0 Å². The minimum atomic E-state index is -0.700. The Morgan fingerprint density at radius 2 is 0.742 bits per heavy atom. The van der Waals surface area contributed by atoms with Crippen LogP contribution in [0.3, 0.4) is 0 Å². The summed E-state index contributed by atoms with van der Waals surface area (Å²) < 4.78 is 64.2. The predicted molar refractivity (Wildman–Crippen MR) is 249 cm³/mol. The molecule has 10 aromatic carbocycles. The molecule has 0 heterocycles. The van der Waals surface area contributed by atoms with E-state index in [0.717, 1.165) is 66.7 Å². The first-order valence-corrected chi connectivity index (χ1v) is 20.6. The van der Waals surface area contributed by atoms with Crippen molar-refractivity contribution in [2.45, 2.75) is 27.7 Å². The normalized spacial score (nSPS) is 11.5. The lowest BCUT2D eigenvalue weighted by Gasteiger charge is -2.31. The highest BCUT2D eigenvalue weighted by Crippen LogP contribution is 2.51. The molecule has 2 nitrogen and oxygen atoms in total. The Labute approximate surface area is 357 Å². The first-order chi connectivity index (χ1) is 30.0. The molecule has 0 saturated carbocycles. The van der Waals surface area contributed by atoms with Gasteiger partial charge in [0.15, 0.2) is 11.6 Å². The fourth-order valence-corrected chi connectivity index (χ4v) is 8.94. The molecule has 0 fully saturated rings. The van der Waals surface area contributed by atoms with Crippen LogP contribution in [0.15, 0.2) is 170 Å². The van der Waals surface area contributed by atoms with Gasteiger partial charge in [-0.15, -0.1) is 0 Å². The van der Waals surface area contributed by atoms with Gasteiger partial charge in [-0.05, 0) is 131 Å². The second-order valence-electron chi connectivity index (χ2n) is 16.1. The van der Waals surface area contributed by atoms with Crippen molar-refractivity contribution in [2.24, 2.45) is 0 Å². The van der Waals surface area contributed by atoms with E-state index in [-0.39, 0.29) is 11.4 Å². The molecule has 0 aromatic heterocycles. The second-order valence-corrected chi connectivity index (χ2v) is 16.1. The van der Waals surface area contributed by atoms with Crippen molar-refractivity contribution in [3.05, 3.63) is 215 Å². The third-order valence-corrected chi connectivity index (χ3v) is 12.3. The second kappa shape index (κ2) is 15.2. The molecule has 0 aliphatic carbocycles. The van der Waals surface area contributed by atoms with Gasteiger partial charge in [-0.25, -0.2) is 17.6 Å². The summed E-state index contributed by atoms with van der Waals surface area (Å²) in [6.45, 7) is 8.01. The standard InChI is InChI=1S/C56H40F4N2/c1-33-15-17-39(27-35(33)3)47-29-41(57)31-49(59)55(47)61(43-11-7-5-8-12-43)51-25-21-37-20-24-46-52(26-22-38-19-23-45(51)53(37)54(38)46)62(44-13-9-6-10-14-44)56-48(30-42(58)32-50(56)60)40-18-16-34(2)36(4)28-40/h5-32H,1-4H3. The Morgan fingerprint density at radius 1 is 0.355 bits per heavy atom. The molecule has 0 N–H and O–H groups in total. The number of aryl methyl sites for hydroxylation is 4. The number of rotatable bonds is 8. The van der Waals surface area contributed by atoms with Gasteiger partial charge in [0.25, 0.3) is 0 Å². The van der Waals surface area contributed by atoms with E-state index in [4.69, 9.17) is 0 Å². The summed E-state index contributed by atoms with van der Waals surface area (Å²) in [6.07, 6.45) is 0. The van der Waals surface area contributed by atoms with Crippen LogP contribution in [-0.4, -0.2) is 0 Å². The first-order valence-electron chi connectivity index (χ1n) is 20.6. The van der Waals surface area contributed by atoms with Gasteiger partial charge < -0.3 is 9.80 Å². The largest absolute Gasteiger partial charge is 0.307 e. The van der Waals surface area contributed by atoms with Crippen molar-refractivity contribution in [2.75, 3.05) is 9.80 Å². The highest BCUT2D eigenvalue weighted by Gasteiger charge is 2.28. The van der Waals surface area contributed by atoms with Gasteiger partial charge in [-0.2, -0.15) is 0 Å². The Hall–Kier alpha value is -7.44. The van der Waals surface area contributed by atoms with E-state index in [1.807, 2.05) is 159 Å². The summed E-state index contributed by atoms with van der Waals surface area (Å²) in [5.74, 6) is -2.74. The van der Waals surface area contributed by atoms with Crippen LogP contribution in [0.4, 0.5) is 51.7 Å². The summed E-state index contributed by atoms with van der Waals surface area (Å²) in [5, 5.41) is 5.44. The molecule has 0 atom stereocenters. The molecule has 6 heteroatoms. The van der Waals surface area contributed by atoms with E-state index in [0.29, 0.717) is 45.0 Å². The van der Waals surface area contributed by atoms with Gasteiger partial charge in [0.2, 0.25) is 0 Å². The molecular weight excluding hydrogens is 777 g/mol.